The van der Waals surface area contributed by atoms with Crippen LogP contribution in [0.25, 0.3) is 11.5 Å². The number of nitrogens with zero attached hydrogens (tertiary/aromatic N) is 2. The minimum Gasteiger partial charge on any atom is -0.497 e. The van der Waals surface area contributed by atoms with Crippen LogP contribution in [0.15, 0.2) is 82.4 Å². The van der Waals surface area contributed by atoms with Gasteiger partial charge in [0.05, 0.1) is 12.9 Å². The third-order valence-electron chi connectivity index (χ3n) is 4.43. The van der Waals surface area contributed by atoms with Gasteiger partial charge < -0.3 is 19.2 Å². The molecule has 162 valence electrons. The predicted octanol–water partition coefficient (Wildman–Crippen LogP) is 5.58. The third kappa shape index (κ3) is 5.67. The Bertz CT molecular complexity index is 1190. The maximum atomic E-state index is 12.3. The van der Waals surface area contributed by atoms with E-state index in [0.717, 1.165) is 22.6 Å². The summed E-state index contributed by atoms with van der Waals surface area (Å²) in [5.74, 6) is 2.57. The van der Waals surface area contributed by atoms with Gasteiger partial charge in [0.1, 0.15) is 17.2 Å². The second-order valence-electron chi connectivity index (χ2n) is 6.88. The largest absolute Gasteiger partial charge is 0.497 e. The third-order valence-corrected chi connectivity index (χ3v) is 5.25. The number of benzene rings is 3. The van der Waals surface area contributed by atoms with Crippen LogP contribution in [-0.2, 0) is 4.79 Å². The normalized spacial score (nSPS) is 10.6. The van der Waals surface area contributed by atoms with E-state index in [1.54, 1.807) is 19.2 Å². The Balaban J connectivity index is 1.28. The van der Waals surface area contributed by atoms with Crippen molar-refractivity contribution in [2.75, 3.05) is 18.2 Å². The van der Waals surface area contributed by atoms with Crippen LogP contribution in [0.2, 0.25) is 0 Å². The molecule has 0 spiro atoms. The van der Waals surface area contributed by atoms with Gasteiger partial charge in [-0.15, -0.1) is 10.2 Å². The van der Waals surface area contributed by atoms with E-state index in [4.69, 9.17) is 13.9 Å². The van der Waals surface area contributed by atoms with Gasteiger partial charge in [-0.2, -0.15) is 0 Å². The van der Waals surface area contributed by atoms with Gasteiger partial charge in [0, 0.05) is 11.3 Å². The number of carbonyl (C=O) groups is 1. The molecule has 7 nitrogen and oxygen atoms in total. The van der Waals surface area contributed by atoms with E-state index < -0.39 is 0 Å². The van der Waals surface area contributed by atoms with E-state index in [0.29, 0.717) is 22.6 Å². The van der Waals surface area contributed by atoms with Crippen molar-refractivity contribution in [1.29, 1.82) is 0 Å². The molecule has 8 heteroatoms. The van der Waals surface area contributed by atoms with Crippen molar-refractivity contribution < 1.29 is 18.7 Å². The highest BCUT2D eigenvalue weighted by Gasteiger charge is 2.12. The average molecular weight is 448 g/mol. The molecule has 0 aliphatic heterocycles. The summed E-state index contributed by atoms with van der Waals surface area (Å²) in [6.07, 6.45) is 0. The smallest absolute Gasteiger partial charge is 0.277 e. The number of thioether (sulfide) groups is 1. The van der Waals surface area contributed by atoms with Gasteiger partial charge in [-0.25, -0.2) is 0 Å². The highest BCUT2D eigenvalue weighted by molar-refractivity contribution is 7.99. The molecular formula is C24H21N3O4S. The molecule has 0 bridgehead atoms. The second kappa shape index (κ2) is 10.0. The molecule has 3 aromatic carbocycles. The fraction of sp³-hybridized carbons (Fsp3) is 0.125. The Labute approximate surface area is 189 Å². The Morgan fingerprint density at radius 1 is 0.969 bits per heavy atom. The van der Waals surface area contributed by atoms with Gasteiger partial charge >= 0.3 is 0 Å². The second-order valence-corrected chi connectivity index (χ2v) is 7.81. The first-order valence-corrected chi connectivity index (χ1v) is 10.8. The fourth-order valence-corrected chi connectivity index (χ4v) is 3.43. The van der Waals surface area contributed by atoms with E-state index in [1.165, 1.54) is 11.8 Å². The monoisotopic (exact) mass is 447 g/mol. The van der Waals surface area contributed by atoms with Crippen LogP contribution in [0.5, 0.6) is 17.2 Å². The maximum absolute atomic E-state index is 12.3. The molecule has 1 N–H and O–H groups in total. The number of aryl methyl sites for hydroxylation is 1. The number of hydrogen-bond acceptors (Lipinski definition) is 7. The summed E-state index contributed by atoms with van der Waals surface area (Å²) >= 11 is 1.18. The van der Waals surface area contributed by atoms with Crippen LogP contribution in [0.1, 0.15) is 5.56 Å². The minimum absolute atomic E-state index is 0.145. The molecule has 0 radical (unpaired) electrons. The Hall–Kier alpha value is -3.78. The number of amides is 1. The zero-order valence-electron chi connectivity index (χ0n) is 17.6. The van der Waals surface area contributed by atoms with Crippen LogP contribution in [0.3, 0.4) is 0 Å². The molecule has 4 rings (SSSR count). The zero-order chi connectivity index (χ0) is 22.3. The lowest BCUT2D eigenvalue weighted by Crippen LogP contribution is -2.13. The van der Waals surface area contributed by atoms with Crippen molar-refractivity contribution in [2.24, 2.45) is 0 Å². The molecule has 0 saturated carbocycles. The zero-order valence-corrected chi connectivity index (χ0v) is 18.4. The first-order chi connectivity index (χ1) is 15.6. The number of aromatic nitrogens is 2. The number of methoxy groups -OCH3 is 1. The number of rotatable bonds is 8. The molecule has 1 heterocycles. The Morgan fingerprint density at radius 3 is 2.44 bits per heavy atom. The summed E-state index contributed by atoms with van der Waals surface area (Å²) < 4.78 is 16.6. The number of nitrogens with one attached hydrogen (secondary N) is 1. The molecule has 0 aliphatic carbocycles. The minimum atomic E-state index is -0.174. The van der Waals surface area contributed by atoms with Crippen molar-refractivity contribution >= 4 is 23.4 Å². The number of ether oxygens (including phenoxy) is 2. The van der Waals surface area contributed by atoms with Gasteiger partial charge in [0.2, 0.25) is 11.8 Å². The van der Waals surface area contributed by atoms with Gasteiger partial charge in [0.15, 0.2) is 0 Å². The van der Waals surface area contributed by atoms with E-state index >= 15 is 0 Å². The summed E-state index contributed by atoms with van der Waals surface area (Å²) in [6, 6.07) is 22.3. The molecule has 0 atom stereocenters. The summed E-state index contributed by atoms with van der Waals surface area (Å²) in [5, 5.41) is 11.2. The van der Waals surface area contributed by atoms with Gasteiger partial charge in [-0.3, -0.25) is 4.79 Å². The molecule has 1 amide bonds. The molecule has 4 aromatic rings. The lowest BCUT2D eigenvalue weighted by Gasteiger charge is -2.08. The van der Waals surface area contributed by atoms with Crippen molar-refractivity contribution in [3.8, 4) is 28.7 Å². The molecule has 0 fully saturated rings. The molecule has 0 unspecified atom stereocenters. The topological polar surface area (TPSA) is 86.5 Å². The van der Waals surface area contributed by atoms with E-state index in [-0.39, 0.29) is 11.7 Å². The Morgan fingerprint density at radius 2 is 1.72 bits per heavy atom. The number of anilines is 1. The van der Waals surface area contributed by atoms with Crippen LogP contribution in [0.4, 0.5) is 5.69 Å². The average Bonchev–Trinajstić information content (AvgIpc) is 3.28. The number of carbonyl (C=O) groups excluding carboxylic acids is 1. The fourth-order valence-electron chi connectivity index (χ4n) is 2.86. The van der Waals surface area contributed by atoms with Crippen LogP contribution in [0, 0.1) is 6.92 Å². The van der Waals surface area contributed by atoms with E-state index in [2.05, 4.69) is 15.5 Å². The standard InChI is InChI=1S/C24H21N3O4S/c1-16-4-3-5-21(14-16)30-20-12-8-18(9-13-20)25-22(28)15-32-24-27-26-23(31-24)17-6-10-19(29-2)11-7-17/h3-14H,15H2,1-2H3,(H,25,28). The maximum Gasteiger partial charge on any atom is 0.277 e. The Kier molecular flexibility index (Phi) is 6.72. The highest BCUT2D eigenvalue weighted by atomic mass is 32.2. The van der Waals surface area contributed by atoms with Gasteiger partial charge in [-0.1, -0.05) is 23.9 Å². The molecule has 1 aromatic heterocycles. The van der Waals surface area contributed by atoms with Gasteiger partial charge in [-0.05, 0) is 73.2 Å². The number of hydrogen-bond donors (Lipinski definition) is 1. The first kappa shape index (κ1) is 21.5. The SMILES string of the molecule is COc1ccc(-c2nnc(SCC(=O)Nc3ccc(Oc4cccc(C)c4)cc3)o2)cc1. The van der Waals surface area contributed by atoms with Crippen LogP contribution >= 0.6 is 11.8 Å². The van der Waals surface area contributed by atoms with E-state index in [1.807, 2.05) is 67.6 Å². The first-order valence-electron chi connectivity index (χ1n) is 9.84. The summed E-state index contributed by atoms with van der Waals surface area (Å²) in [4.78, 5) is 12.3. The molecule has 0 saturated heterocycles. The summed E-state index contributed by atoms with van der Waals surface area (Å²) in [7, 11) is 1.61. The van der Waals surface area contributed by atoms with Crippen molar-refractivity contribution in [3.63, 3.8) is 0 Å². The van der Waals surface area contributed by atoms with Crippen molar-refractivity contribution in [1.82, 2.24) is 10.2 Å². The highest BCUT2D eigenvalue weighted by Crippen LogP contribution is 2.26. The molecular weight excluding hydrogens is 426 g/mol. The lowest BCUT2D eigenvalue weighted by atomic mass is 10.2. The van der Waals surface area contributed by atoms with Crippen molar-refractivity contribution in [2.45, 2.75) is 12.1 Å². The molecule has 0 aliphatic rings. The van der Waals surface area contributed by atoms with Crippen LogP contribution in [-0.4, -0.2) is 29.0 Å². The van der Waals surface area contributed by atoms with Gasteiger partial charge in [0.25, 0.3) is 5.22 Å². The van der Waals surface area contributed by atoms with E-state index in [9.17, 15) is 4.79 Å². The lowest BCUT2D eigenvalue weighted by molar-refractivity contribution is -0.113. The molecule has 32 heavy (non-hydrogen) atoms. The quantitative estimate of drug-likeness (QED) is 0.353. The summed E-state index contributed by atoms with van der Waals surface area (Å²) in [6.45, 7) is 2.01. The van der Waals surface area contributed by atoms with Crippen LogP contribution < -0.4 is 14.8 Å². The summed E-state index contributed by atoms with van der Waals surface area (Å²) in [5.41, 5.74) is 2.58. The predicted molar refractivity (Wildman–Crippen MR) is 123 cm³/mol. The van der Waals surface area contributed by atoms with Crippen molar-refractivity contribution in [3.05, 3.63) is 78.4 Å².